The fourth-order valence-electron chi connectivity index (χ4n) is 2.57. The molecule has 2 aromatic carbocycles. The molecule has 0 radical (unpaired) electrons. The van der Waals surface area contributed by atoms with E-state index in [0.29, 0.717) is 12.2 Å². The number of hydrogen-bond donors (Lipinski definition) is 1. The lowest BCUT2D eigenvalue weighted by molar-refractivity contribution is -0.145. The van der Waals surface area contributed by atoms with E-state index in [1.165, 1.54) is 0 Å². The van der Waals surface area contributed by atoms with Crippen molar-refractivity contribution in [1.29, 1.82) is 0 Å². The molecule has 0 saturated carbocycles. The molecular weight excluding hydrogens is 288 g/mol. The Bertz CT molecular complexity index is 683. The third-order valence-corrected chi connectivity index (χ3v) is 3.74. The van der Waals surface area contributed by atoms with Gasteiger partial charge in [0, 0.05) is 6.42 Å². The van der Waals surface area contributed by atoms with Crippen LogP contribution in [0.5, 0.6) is 5.75 Å². The zero-order valence-corrected chi connectivity index (χ0v) is 14.2. The zero-order chi connectivity index (χ0) is 17.0. The number of ether oxygens (including phenoxy) is 1. The first-order valence-corrected chi connectivity index (χ1v) is 7.82. The summed E-state index contributed by atoms with van der Waals surface area (Å²) < 4.78 is 5.88. The number of rotatable bonds is 5. The third-order valence-electron chi connectivity index (χ3n) is 3.74. The minimum atomic E-state index is -0.949. The fraction of sp³-hybridized carbons (Fsp3) is 0.350. The van der Waals surface area contributed by atoms with Gasteiger partial charge in [0.15, 0.2) is 6.10 Å². The summed E-state index contributed by atoms with van der Waals surface area (Å²) in [5, 5.41) is 9.53. The van der Waals surface area contributed by atoms with Gasteiger partial charge in [-0.3, -0.25) is 0 Å². The fourth-order valence-corrected chi connectivity index (χ4v) is 2.57. The Morgan fingerprint density at radius 3 is 2.43 bits per heavy atom. The van der Waals surface area contributed by atoms with Crippen LogP contribution in [-0.2, 0) is 16.6 Å². The van der Waals surface area contributed by atoms with Gasteiger partial charge in [0.1, 0.15) is 5.75 Å². The van der Waals surface area contributed by atoms with Crippen molar-refractivity contribution in [1.82, 2.24) is 0 Å². The molecule has 0 aliphatic rings. The van der Waals surface area contributed by atoms with Gasteiger partial charge in [0.2, 0.25) is 0 Å². The predicted octanol–water partition coefficient (Wildman–Crippen LogP) is 4.37. The molecule has 2 aromatic rings. The molecule has 0 aromatic heterocycles. The van der Waals surface area contributed by atoms with E-state index >= 15 is 0 Å². The lowest BCUT2D eigenvalue weighted by Crippen LogP contribution is -2.30. The van der Waals surface area contributed by atoms with E-state index in [2.05, 4.69) is 20.8 Å². The molecule has 3 heteroatoms. The summed E-state index contributed by atoms with van der Waals surface area (Å²) in [6, 6.07) is 15.5. The van der Waals surface area contributed by atoms with Crippen molar-refractivity contribution in [3.8, 4) is 5.75 Å². The molecular formula is C20H24O3. The van der Waals surface area contributed by atoms with E-state index in [1.54, 1.807) is 0 Å². The first-order chi connectivity index (χ1) is 10.8. The lowest BCUT2D eigenvalue weighted by Gasteiger charge is -2.24. The van der Waals surface area contributed by atoms with Crippen LogP contribution in [0.3, 0.4) is 0 Å². The van der Waals surface area contributed by atoms with Crippen molar-refractivity contribution in [2.75, 3.05) is 0 Å². The predicted molar refractivity (Wildman–Crippen MR) is 92.1 cm³/mol. The summed E-state index contributed by atoms with van der Waals surface area (Å²) in [7, 11) is 0. The van der Waals surface area contributed by atoms with Crippen LogP contribution in [0, 0.1) is 6.92 Å². The summed E-state index contributed by atoms with van der Waals surface area (Å²) in [5.74, 6) is -0.310. The number of hydrogen-bond acceptors (Lipinski definition) is 2. The summed E-state index contributed by atoms with van der Waals surface area (Å²) in [6.45, 7) is 8.26. The van der Waals surface area contributed by atoms with Crippen molar-refractivity contribution in [2.45, 2.75) is 45.6 Å². The average Bonchev–Trinajstić information content (AvgIpc) is 2.46. The summed E-state index contributed by atoms with van der Waals surface area (Å²) in [6.07, 6.45) is -0.560. The number of aryl methyl sites for hydroxylation is 1. The highest BCUT2D eigenvalue weighted by atomic mass is 16.5. The van der Waals surface area contributed by atoms with Crippen molar-refractivity contribution >= 4 is 5.97 Å². The van der Waals surface area contributed by atoms with Crippen molar-refractivity contribution in [3.63, 3.8) is 0 Å². The van der Waals surface area contributed by atoms with Gasteiger partial charge >= 0.3 is 5.97 Å². The van der Waals surface area contributed by atoms with Crippen LogP contribution >= 0.6 is 0 Å². The molecule has 0 heterocycles. The molecule has 1 N–H and O–H groups in total. The van der Waals surface area contributed by atoms with Gasteiger partial charge in [0.25, 0.3) is 0 Å². The van der Waals surface area contributed by atoms with Gasteiger partial charge in [0.05, 0.1) is 0 Å². The smallest absolute Gasteiger partial charge is 0.345 e. The molecule has 2 rings (SSSR count). The van der Waals surface area contributed by atoms with Gasteiger partial charge in [-0.05, 0) is 29.5 Å². The first-order valence-electron chi connectivity index (χ1n) is 7.82. The number of aliphatic carboxylic acids is 1. The molecule has 0 amide bonds. The second-order valence-electron chi connectivity index (χ2n) is 6.88. The van der Waals surface area contributed by atoms with Crippen LogP contribution in [0.1, 0.15) is 37.5 Å². The maximum Gasteiger partial charge on any atom is 0.345 e. The quantitative estimate of drug-likeness (QED) is 0.892. The van der Waals surface area contributed by atoms with Crippen LogP contribution in [0.2, 0.25) is 0 Å². The molecule has 0 unspecified atom stereocenters. The maximum absolute atomic E-state index is 11.6. The first kappa shape index (κ1) is 17.1. The SMILES string of the molecule is Cc1cccc(C[C@@H](Oc2ccccc2C(C)(C)C)C(=O)O)c1. The van der Waals surface area contributed by atoms with Gasteiger partial charge in [-0.2, -0.15) is 0 Å². The van der Waals surface area contributed by atoms with Crippen molar-refractivity contribution < 1.29 is 14.6 Å². The van der Waals surface area contributed by atoms with Crippen LogP contribution in [-0.4, -0.2) is 17.2 Å². The Hall–Kier alpha value is -2.29. The van der Waals surface area contributed by atoms with E-state index in [1.807, 2.05) is 55.5 Å². The Balaban J connectivity index is 2.26. The monoisotopic (exact) mass is 312 g/mol. The standard InChI is InChI=1S/C20H24O3/c1-14-8-7-9-15(12-14)13-18(19(21)22)23-17-11-6-5-10-16(17)20(2,3)4/h5-12,18H,13H2,1-4H3,(H,21,22)/t18-/m1/s1. The molecule has 3 nitrogen and oxygen atoms in total. The third kappa shape index (κ3) is 4.59. The number of carboxylic acid groups (broad SMARTS) is 1. The maximum atomic E-state index is 11.6. The Kier molecular flexibility index (Phi) is 5.09. The highest BCUT2D eigenvalue weighted by Crippen LogP contribution is 2.31. The number of carboxylic acids is 1. The summed E-state index contributed by atoms with van der Waals surface area (Å²) in [4.78, 5) is 11.6. The van der Waals surface area contributed by atoms with Crippen LogP contribution in [0.15, 0.2) is 48.5 Å². The molecule has 0 aliphatic heterocycles. The van der Waals surface area contributed by atoms with E-state index in [9.17, 15) is 9.90 Å². The summed E-state index contributed by atoms with van der Waals surface area (Å²) >= 11 is 0. The topological polar surface area (TPSA) is 46.5 Å². The second kappa shape index (κ2) is 6.86. The molecule has 0 bridgehead atoms. The zero-order valence-electron chi connectivity index (χ0n) is 14.2. The molecule has 1 atom stereocenters. The minimum absolute atomic E-state index is 0.108. The van der Waals surface area contributed by atoms with Crippen LogP contribution in [0.25, 0.3) is 0 Å². The van der Waals surface area contributed by atoms with Crippen molar-refractivity contribution in [2.24, 2.45) is 0 Å². The molecule has 0 saturated heterocycles. The molecule has 122 valence electrons. The summed E-state index contributed by atoms with van der Waals surface area (Å²) in [5.41, 5.74) is 2.98. The largest absolute Gasteiger partial charge is 0.478 e. The Morgan fingerprint density at radius 2 is 1.83 bits per heavy atom. The van der Waals surface area contributed by atoms with E-state index < -0.39 is 12.1 Å². The van der Waals surface area contributed by atoms with Gasteiger partial charge < -0.3 is 9.84 Å². The lowest BCUT2D eigenvalue weighted by atomic mass is 9.86. The average molecular weight is 312 g/mol. The van der Waals surface area contributed by atoms with Crippen LogP contribution in [0.4, 0.5) is 0 Å². The Morgan fingerprint density at radius 1 is 1.13 bits per heavy atom. The molecule has 0 aliphatic carbocycles. The molecule has 23 heavy (non-hydrogen) atoms. The molecule has 0 spiro atoms. The number of carbonyl (C=O) groups is 1. The van der Waals surface area contributed by atoms with Crippen LogP contribution < -0.4 is 4.74 Å². The van der Waals surface area contributed by atoms with Crippen molar-refractivity contribution in [3.05, 3.63) is 65.2 Å². The van der Waals surface area contributed by atoms with E-state index in [0.717, 1.165) is 16.7 Å². The van der Waals surface area contributed by atoms with E-state index in [-0.39, 0.29) is 5.41 Å². The molecule has 0 fully saturated rings. The Labute approximate surface area is 137 Å². The second-order valence-corrected chi connectivity index (χ2v) is 6.88. The van der Waals surface area contributed by atoms with E-state index in [4.69, 9.17) is 4.74 Å². The highest BCUT2D eigenvalue weighted by molar-refractivity contribution is 5.73. The number of benzene rings is 2. The number of para-hydroxylation sites is 1. The normalized spacial score (nSPS) is 12.7. The highest BCUT2D eigenvalue weighted by Gasteiger charge is 2.24. The minimum Gasteiger partial charge on any atom is -0.478 e. The van der Waals surface area contributed by atoms with Gasteiger partial charge in [-0.25, -0.2) is 4.79 Å². The van der Waals surface area contributed by atoms with Gasteiger partial charge in [-0.15, -0.1) is 0 Å². The van der Waals surface area contributed by atoms with Gasteiger partial charge in [-0.1, -0.05) is 68.8 Å².